The number of amides is 1. The predicted octanol–water partition coefficient (Wildman–Crippen LogP) is 3.17. The molecule has 1 aliphatic carbocycles. The van der Waals surface area contributed by atoms with Crippen LogP contribution in [0.1, 0.15) is 44.3 Å². The largest absolute Gasteiger partial charge is 0.341 e. The maximum atomic E-state index is 12.7. The van der Waals surface area contributed by atoms with Crippen molar-refractivity contribution in [1.29, 1.82) is 0 Å². The first-order valence-electron chi connectivity index (χ1n) is 8.96. The van der Waals surface area contributed by atoms with E-state index in [1.807, 2.05) is 12.1 Å². The topological polar surface area (TPSA) is 61.9 Å². The summed E-state index contributed by atoms with van der Waals surface area (Å²) in [5.41, 5.74) is 1.67. The van der Waals surface area contributed by atoms with Crippen LogP contribution in [0.4, 0.5) is 0 Å². The molecule has 6 heteroatoms. The lowest BCUT2D eigenvalue weighted by Gasteiger charge is -2.44. The smallest absolute Gasteiger partial charge is 0.223 e. The molecule has 2 aromatic heterocycles. The van der Waals surface area contributed by atoms with Crippen molar-refractivity contribution in [1.82, 2.24) is 19.9 Å². The van der Waals surface area contributed by atoms with Gasteiger partial charge in [-0.25, -0.2) is 9.97 Å². The third-order valence-corrected chi connectivity index (χ3v) is 6.78. The molecule has 2 aromatic rings. The number of aromatic amines is 1. The van der Waals surface area contributed by atoms with E-state index in [1.165, 1.54) is 32.1 Å². The lowest BCUT2D eigenvalue weighted by Crippen LogP contribution is -2.49. The van der Waals surface area contributed by atoms with Gasteiger partial charge < -0.3 is 9.88 Å². The second-order valence-corrected chi connectivity index (χ2v) is 8.53. The Labute approximate surface area is 146 Å². The van der Waals surface area contributed by atoms with Crippen molar-refractivity contribution in [3.05, 3.63) is 24.2 Å². The van der Waals surface area contributed by atoms with Gasteiger partial charge in [-0.15, -0.1) is 0 Å². The number of nitrogens with zero attached hydrogens (tertiary/aromatic N) is 3. The van der Waals surface area contributed by atoms with Gasteiger partial charge in [0, 0.05) is 42.6 Å². The van der Waals surface area contributed by atoms with E-state index in [2.05, 4.69) is 31.6 Å². The number of hydrogen-bond donors (Lipinski definition) is 1. The van der Waals surface area contributed by atoms with Crippen LogP contribution in [-0.2, 0) is 11.2 Å². The predicted molar refractivity (Wildman–Crippen MR) is 97.1 cm³/mol. The first-order valence-corrected chi connectivity index (χ1v) is 9.94. The molecular weight excluding hydrogens is 320 g/mol. The molecule has 1 aliphatic heterocycles. The van der Waals surface area contributed by atoms with Crippen LogP contribution in [0.15, 0.2) is 18.3 Å². The van der Waals surface area contributed by atoms with Crippen molar-refractivity contribution < 1.29 is 4.79 Å². The van der Waals surface area contributed by atoms with Gasteiger partial charge in [-0.3, -0.25) is 4.79 Å². The number of carbonyl (C=O) groups excluding carboxylic acids is 1. The Kier molecular flexibility index (Phi) is 4.48. The molecule has 0 unspecified atom stereocenters. The summed E-state index contributed by atoms with van der Waals surface area (Å²) in [5, 5.41) is 0. The molecule has 4 rings (SSSR count). The van der Waals surface area contributed by atoms with E-state index in [9.17, 15) is 4.79 Å². The van der Waals surface area contributed by atoms with E-state index in [-0.39, 0.29) is 5.91 Å². The van der Waals surface area contributed by atoms with E-state index in [4.69, 9.17) is 0 Å². The van der Waals surface area contributed by atoms with Crippen LogP contribution in [0.2, 0.25) is 0 Å². The monoisotopic (exact) mass is 344 g/mol. The van der Waals surface area contributed by atoms with Crippen LogP contribution in [0.5, 0.6) is 0 Å². The van der Waals surface area contributed by atoms with Gasteiger partial charge in [-0.2, -0.15) is 11.8 Å². The van der Waals surface area contributed by atoms with E-state index < -0.39 is 0 Å². The number of rotatable bonds is 3. The standard InChI is InChI=1S/C18H24N4OS/c23-16(7-6-15-20-14-5-4-10-19-17(14)21-15)22-11-12-24-18(13-22)8-2-1-3-9-18/h4-5,10H,1-3,6-9,11-13H2,(H,19,20,21). The van der Waals surface area contributed by atoms with Crippen LogP contribution in [0.25, 0.3) is 11.2 Å². The number of aromatic nitrogens is 3. The number of pyridine rings is 1. The van der Waals surface area contributed by atoms with Crippen LogP contribution in [0.3, 0.4) is 0 Å². The Hall–Kier alpha value is -1.56. The molecule has 1 spiro atoms. The van der Waals surface area contributed by atoms with Gasteiger partial charge in [0.1, 0.15) is 5.82 Å². The highest BCUT2D eigenvalue weighted by atomic mass is 32.2. The molecule has 1 saturated heterocycles. The number of hydrogen-bond acceptors (Lipinski definition) is 4. The first-order chi connectivity index (χ1) is 11.7. The Bertz CT molecular complexity index is 684. The Morgan fingerprint density at radius 2 is 2.21 bits per heavy atom. The maximum Gasteiger partial charge on any atom is 0.223 e. The highest BCUT2D eigenvalue weighted by Gasteiger charge is 2.38. The van der Waals surface area contributed by atoms with Crippen molar-refractivity contribution in [3.8, 4) is 0 Å². The zero-order chi connectivity index (χ0) is 16.4. The van der Waals surface area contributed by atoms with Gasteiger partial charge in [-0.1, -0.05) is 19.3 Å². The number of H-pyrrole nitrogens is 1. The summed E-state index contributed by atoms with van der Waals surface area (Å²) >= 11 is 2.10. The third-order valence-electron chi connectivity index (χ3n) is 5.25. The summed E-state index contributed by atoms with van der Waals surface area (Å²) in [6.45, 7) is 1.84. The van der Waals surface area contributed by atoms with Gasteiger partial charge in [0.15, 0.2) is 5.65 Å². The average molecular weight is 344 g/mol. The van der Waals surface area contributed by atoms with E-state index >= 15 is 0 Å². The molecule has 1 saturated carbocycles. The van der Waals surface area contributed by atoms with Crippen LogP contribution in [-0.4, -0.2) is 49.3 Å². The SMILES string of the molecule is O=C(CCc1nc2ncccc2[nH]1)N1CCSC2(CCCCC2)C1. The van der Waals surface area contributed by atoms with Gasteiger partial charge >= 0.3 is 0 Å². The van der Waals surface area contributed by atoms with Crippen LogP contribution >= 0.6 is 11.8 Å². The summed E-state index contributed by atoms with van der Waals surface area (Å²) in [6, 6.07) is 3.86. The van der Waals surface area contributed by atoms with Gasteiger partial charge in [0.05, 0.1) is 5.52 Å². The Morgan fingerprint density at radius 3 is 3.04 bits per heavy atom. The minimum Gasteiger partial charge on any atom is -0.341 e. The van der Waals surface area contributed by atoms with Gasteiger partial charge in [0.25, 0.3) is 0 Å². The molecule has 2 fully saturated rings. The fraction of sp³-hybridized carbons (Fsp3) is 0.611. The molecule has 1 amide bonds. The van der Waals surface area contributed by atoms with Gasteiger partial charge in [0.2, 0.25) is 5.91 Å². The molecule has 3 heterocycles. The summed E-state index contributed by atoms with van der Waals surface area (Å²) in [5.74, 6) is 2.21. The van der Waals surface area contributed by atoms with E-state index in [0.717, 1.165) is 35.8 Å². The molecule has 0 atom stereocenters. The van der Waals surface area contributed by atoms with Crippen molar-refractivity contribution in [2.45, 2.75) is 49.7 Å². The summed E-state index contributed by atoms with van der Waals surface area (Å²) in [4.78, 5) is 26.7. The van der Waals surface area contributed by atoms with Crippen LogP contribution in [0, 0.1) is 0 Å². The maximum absolute atomic E-state index is 12.7. The molecular formula is C18H24N4OS. The van der Waals surface area contributed by atoms with Crippen molar-refractivity contribution in [2.24, 2.45) is 0 Å². The lowest BCUT2D eigenvalue weighted by atomic mass is 9.87. The summed E-state index contributed by atoms with van der Waals surface area (Å²) < 4.78 is 0.343. The number of fused-ring (bicyclic) bond motifs is 1. The fourth-order valence-corrected chi connectivity index (χ4v) is 5.52. The quantitative estimate of drug-likeness (QED) is 0.929. The molecule has 24 heavy (non-hydrogen) atoms. The van der Waals surface area contributed by atoms with Gasteiger partial charge in [-0.05, 0) is 25.0 Å². The highest BCUT2D eigenvalue weighted by Crippen LogP contribution is 2.42. The van der Waals surface area contributed by atoms with E-state index in [1.54, 1.807) is 6.20 Å². The Balaban J connectivity index is 1.37. The molecule has 5 nitrogen and oxygen atoms in total. The number of nitrogens with one attached hydrogen (secondary N) is 1. The first kappa shape index (κ1) is 15.9. The fourth-order valence-electron chi connectivity index (χ4n) is 3.95. The highest BCUT2D eigenvalue weighted by molar-refractivity contribution is 8.00. The minimum atomic E-state index is 0.272. The van der Waals surface area contributed by atoms with E-state index in [0.29, 0.717) is 17.6 Å². The van der Waals surface area contributed by atoms with Crippen LogP contribution < -0.4 is 0 Å². The molecule has 0 aromatic carbocycles. The van der Waals surface area contributed by atoms with Crippen molar-refractivity contribution in [2.75, 3.05) is 18.8 Å². The number of imidazole rings is 1. The second kappa shape index (κ2) is 6.75. The average Bonchev–Trinajstić information content (AvgIpc) is 3.03. The zero-order valence-electron chi connectivity index (χ0n) is 14.0. The molecule has 128 valence electrons. The summed E-state index contributed by atoms with van der Waals surface area (Å²) in [7, 11) is 0. The lowest BCUT2D eigenvalue weighted by molar-refractivity contribution is -0.131. The molecule has 2 aliphatic rings. The molecule has 0 bridgehead atoms. The number of thioether (sulfide) groups is 1. The molecule has 1 N–H and O–H groups in total. The third kappa shape index (κ3) is 3.29. The molecule has 0 radical (unpaired) electrons. The van der Waals surface area contributed by atoms with Crippen molar-refractivity contribution >= 4 is 28.8 Å². The number of aryl methyl sites for hydroxylation is 1. The van der Waals surface area contributed by atoms with Crippen molar-refractivity contribution in [3.63, 3.8) is 0 Å². The Morgan fingerprint density at radius 1 is 1.33 bits per heavy atom. The zero-order valence-corrected chi connectivity index (χ0v) is 14.8. The second-order valence-electron chi connectivity index (χ2n) is 6.97. The summed E-state index contributed by atoms with van der Waals surface area (Å²) in [6.07, 6.45) is 9.48. The minimum absolute atomic E-state index is 0.272. The number of carbonyl (C=O) groups is 1. The normalized spacial score (nSPS) is 20.6.